The molecule has 0 saturated carbocycles. The van der Waals surface area contributed by atoms with Gasteiger partial charge >= 0.3 is 0 Å². The van der Waals surface area contributed by atoms with Crippen LogP contribution in [0.5, 0.6) is 0 Å². The van der Waals surface area contributed by atoms with Gasteiger partial charge in [0.25, 0.3) is 10.2 Å². The molecule has 0 bridgehead atoms. The number of nitrogens with one attached hydrogen (secondary N) is 1. The van der Waals surface area contributed by atoms with Crippen LogP contribution < -0.4 is 5.32 Å². The zero-order valence-electron chi connectivity index (χ0n) is 13.3. The minimum Gasteiger partial charge on any atom is -0.352 e. The van der Waals surface area contributed by atoms with Gasteiger partial charge in [-0.15, -0.1) is 0 Å². The van der Waals surface area contributed by atoms with Gasteiger partial charge in [0, 0.05) is 33.7 Å². The minimum absolute atomic E-state index is 0.176. The number of nitrogens with zero attached hydrogens (tertiary/aromatic N) is 2. The molecule has 23 heavy (non-hydrogen) atoms. The van der Waals surface area contributed by atoms with Crippen LogP contribution in [0.25, 0.3) is 0 Å². The highest BCUT2D eigenvalue weighted by molar-refractivity contribution is 7.86. The first kappa shape index (κ1) is 17.8. The fraction of sp³-hybridized carbons (Fsp3) is 0.533. The maximum Gasteiger partial charge on any atom is 0.281 e. The molecule has 6 nitrogen and oxygen atoms in total. The Morgan fingerprint density at radius 1 is 1.43 bits per heavy atom. The fourth-order valence-corrected chi connectivity index (χ4v) is 3.77. The quantitative estimate of drug-likeness (QED) is 0.866. The lowest BCUT2D eigenvalue weighted by Gasteiger charge is -2.32. The van der Waals surface area contributed by atoms with Gasteiger partial charge in [-0.05, 0) is 30.5 Å². The largest absolute Gasteiger partial charge is 0.352 e. The van der Waals surface area contributed by atoms with Crippen molar-refractivity contribution < 1.29 is 17.6 Å². The van der Waals surface area contributed by atoms with Gasteiger partial charge in [0.2, 0.25) is 5.91 Å². The number of carbonyl (C=O) groups is 1. The first-order valence-corrected chi connectivity index (χ1v) is 8.90. The lowest BCUT2D eigenvalue weighted by molar-refractivity contribution is -0.126. The number of amides is 1. The number of rotatable bonds is 5. The molecule has 2 rings (SSSR count). The topological polar surface area (TPSA) is 69.7 Å². The fourth-order valence-electron chi connectivity index (χ4n) is 2.58. The van der Waals surface area contributed by atoms with E-state index in [4.69, 9.17) is 0 Å². The van der Waals surface area contributed by atoms with Crippen LogP contribution in [0.2, 0.25) is 0 Å². The van der Waals surface area contributed by atoms with Crippen molar-refractivity contribution in [3.05, 3.63) is 35.6 Å². The lowest BCUT2D eigenvalue weighted by Crippen LogP contribution is -2.48. The maximum atomic E-state index is 13.1. The van der Waals surface area contributed by atoms with Crippen molar-refractivity contribution in [3.8, 4) is 0 Å². The van der Waals surface area contributed by atoms with E-state index in [1.54, 1.807) is 12.1 Å². The zero-order valence-corrected chi connectivity index (χ0v) is 14.1. The first-order chi connectivity index (χ1) is 10.8. The highest BCUT2D eigenvalue weighted by Gasteiger charge is 2.33. The number of hydrogen-bond donors (Lipinski definition) is 1. The number of benzene rings is 1. The maximum absolute atomic E-state index is 13.1. The van der Waals surface area contributed by atoms with Crippen LogP contribution in [0.1, 0.15) is 18.4 Å². The summed E-state index contributed by atoms with van der Waals surface area (Å²) in [4.78, 5) is 12.3. The second-order valence-corrected chi connectivity index (χ2v) is 7.98. The highest BCUT2D eigenvalue weighted by Crippen LogP contribution is 2.20. The predicted octanol–water partition coefficient (Wildman–Crippen LogP) is 0.960. The monoisotopic (exact) mass is 343 g/mol. The molecule has 1 aliphatic rings. The Hall–Kier alpha value is -1.51. The molecule has 1 N–H and O–H groups in total. The van der Waals surface area contributed by atoms with E-state index in [2.05, 4.69) is 5.32 Å². The molecule has 0 aliphatic carbocycles. The Morgan fingerprint density at radius 3 is 2.83 bits per heavy atom. The molecule has 8 heteroatoms. The molecule has 0 aromatic heterocycles. The summed E-state index contributed by atoms with van der Waals surface area (Å²) in [5.41, 5.74) is 0.673. The Bertz CT molecular complexity index is 664. The number of halogens is 1. The van der Waals surface area contributed by atoms with E-state index >= 15 is 0 Å². The number of hydrogen-bond acceptors (Lipinski definition) is 3. The van der Waals surface area contributed by atoms with Crippen LogP contribution in [-0.4, -0.2) is 50.1 Å². The molecule has 1 aromatic rings. The minimum atomic E-state index is -3.50. The smallest absolute Gasteiger partial charge is 0.281 e. The van der Waals surface area contributed by atoms with Crippen LogP contribution in [0, 0.1) is 11.7 Å². The van der Waals surface area contributed by atoms with Gasteiger partial charge in [-0.2, -0.15) is 17.0 Å². The van der Waals surface area contributed by atoms with Crippen LogP contribution >= 0.6 is 0 Å². The summed E-state index contributed by atoms with van der Waals surface area (Å²) < 4.78 is 39.9. The third kappa shape index (κ3) is 4.49. The average Bonchev–Trinajstić information content (AvgIpc) is 2.52. The summed E-state index contributed by atoms with van der Waals surface area (Å²) in [7, 11) is -0.552. The third-order valence-electron chi connectivity index (χ3n) is 3.90. The molecule has 1 fully saturated rings. The van der Waals surface area contributed by atoms with E-state index in [1.165, 1.54) is 30.5 Å². The van der Waals surface area contributed by atoms with E-state index in [0.29, 0.717) is 24.9 Å². The molecule has 128 valence electrons. The van der Waals surface area contributed by atoms with Gasteiger partial charge in [0.05, 0.1) is 5.92 Å². The molecule has 1 amide bonds. The van der Waals surface area contributed by atoms with E-state index in [1.807, 2.05) is 0 Å². The van der Waals surface area contributed by atoms with Crippen molar-refractivity contribution in [2.75, 3.05) is 27.2 Å². The van der Waals surface area contributed by atoms with Gasteiger partial charge in [0.1, 0.15) is 5.82 Å². The van der Waals surface area contributed by atoms with Crippen molar-refractivity contribution in [3.63, 3.8) is 0 Å². The summed E-state index contributed by atoms with van der Waals surface area (Å²) in [6.07, 6.45) is 1.29. The average molecular weight is 343 g/mol. The predicted molar refractivity (Wildman–Crippen MR) is 85.2 cm³/mol. The molecule has 0 spiro atoms. The zero-order chi connectivity index (χ0) is 17.0. The number of carbonyl (C=O) groups excluding carboxylic acids is 1. The number of piperidine rings is 1. The van der Waals surface area contributed by atoms with Gasteiger partial charge in [-0.1, -0.05) is 12.1 Å². The van der Waals surface area contributed by atoms with Gasteiger partial charge in [-0.3, -0.25) is 4.79 Å². The molecule has 1 atom stereocenters. The molecule has 1 heterocycles. The van der Waals surface area contributed by atoms with Gasteiger partial charge < -0.3 is 5.32 Å². The molecular formula is C15H22FN3O3S. The summed E-state index contributed by atoms with van der Waals surface area (Å²) in [5, 5.41) is 2.76. The van der Waals surface area contributed by atoms with Crippen molar-refractivity contribution >= 4 is 16.1 Å². The second kappa shape index (κ2) is 7.37. The Balaban J connectivity index is 1.94. The molecule has 0 unspecified atom stereocenters. The summed E-state index contributed by atoms with van der Waals surface area (Å²) in [5.74, 6) is -0.933. The molecular weight excluding hydrogens is 321 g/mol. The lowest BCUT2D eigenvalue weighted by atomic mass is 9.99. The molecule has 0 radical (unpaired) electrons. The Morgan fingerprint density at radius 2 is 2.17 bits per heavy atom. The van der Waals surface area contributed by atoms with Gasteiger partial charge in [0.15, 0.2) is 0 Å². The standard InChI is InChI=1S/C15H22FN3O3S/c1-18(2)23(21,22)19-8-4-6-13(11-19)15(20)17-10-12-5-3-7-14(16)9-12/h3,5,7,9,13H,4,6,8,10-11H2,1-2H3,(H,17,20)/t13-/m0/s1. The van der Waals surface area contributed by atoms with Crippen LogP contribution in [0.3, 0.4) is 0 Å². The van der Waals surface area contributed by atoms with Crippen LogP contribution in [-0.2, 0) is 21.5 Å². The molecule has 1 saturated heterocycles. The first-order valence-electron chi connectivity index (χ1n) is 7.50. The summed E-state index contributed by atoms with van der Waals surface area (Å²) in [6.45, 7) is 0.831. The van der Waals surface area contributed by atoms with Crippen LogP contribution in [0.15, 0.2) is 24.3 Å². The van der Waals surface area contributed by atoms with E-state index < -0.39 is 10.2 Å². The Kier molecular flexibility index (Phi) is 5.72. The summed E-state index contributed by atoms with van der Waals surface area (Å²) in [6, 6.07) is 6.02. The second-order valence-electron chi connectivity index (χ2n) is 5.84. The van der Waals surface area contributed by atoms with E-state index in [-0.39, 0.29) is 30.7 Å². The van der Waals surface area contributed by atoms with Crippen molar-refractivity contribution in [2.24, 2.45) is 5.92 Å². The summed E-state index contributed by atoms with van der Waals surface area (Å²) >= 11 is 0. The molecule has 1 aromatic carbocycles. The van der Waals surface area contributed by atoms with Crippen molar-refractivity contribution in [2.45, 2.75) is 19.4 Å². The van der Waals surface area contributed by atoms with Crippen molar-refractivity contribution in [1.29, 1.82) is 0 Å². The van der Waals surface area contributed by atoms with Gasteiger partial charge in [-0.25, -0.2) is 4.39 Å². The third-order valence-corrected chi connectivity index (χ3v) is 5.81. The van der Waals surface area contributed by atoms with Crippen LogP contribution in [0.4, 0.5) is 4.39 Å². The normalized spacial score (nSPS) is 19.7. The highest BCUT2D eigenvalue weighted by atomic mass is 32.2. The molecule has 1 aliphatic heterocycles. The van der Waals surface area contributed by atoms with Crippen molar-refractivity contribution in [1.82, 2.24) is 13.9 Å². The van der Waals surface area contributed by atoms with E-state index in [9.17, 15) is 17.6 Å². The Labute approximate surface area is 136 Å². The van der Waals surface area contributed by atoms with E-state index in [0.717, 1.165) is 4.31 Å². The SMILES string of the molecule is CN(C)S(=O)(=O)N1CCC[C@H](C(=O)NCc2cccc(F)c2)C1.